The Kier molecular flexibility index (Phi) is 10.3. The third-order valence-corrected chi connectivity index (χ3v) is 9.51. The summed E-state index contributed by atoms with van der Waals surface area (Å²) < 4.78 is 28.9. The van der Waals surface area contributed by atoms with E-state index in [1.807, 2.05) is 61.5 Å². The maximum absolute atomic E-state index is 14.3. The number of rotatable bonds is 11. The van der Waals surface area contributed by atoms with Crippen LogP contribution in [0.25, 0.3) is 0 Å². The highest BCUT2D eigenvalue weighted by Crippen LogP contribution is 2.35. The van der Waals surface area contributed by atoms with E-state index in [-0.39, 0.29) is 39.5 Å². The van der Waals surface area contributed by atoms with Crippen molar-refractivity contribution in [2.24, 2.45) is 0 Å². The molecule has 0 fully saturated rings. The number of likely N-dealkylation sites (N-methyl/N-ethyl adjacent to an activating group) is 1. The summed E-state index contributed by atoms with van der Waals surface area (Å²) in [5, 5.41) is 2.80. The molecule has 0 bridgehead atoms. The molecule has 4 aromatic carbocycles. The fourth-order valence-corrected chi connectivity index (χ4v) is 6.50. The third-order valence-electron chi connectivity index (χ3n) is 6.93. The molecule has 0 heterocycles. The van der Waals surface area contributed by atoms with E-state index in [0.29, 0.717) is 0 Å². The molecule has 0 aliphatic rings. The van der Waals surface area contributed by atoms with E-state index in [1.54, 1.807) is 24.3 Å². The minimum atomic E-state index is -4.27. The molecule has 0 radical (unpaired) electrons. The van der Waals surface area contributed by atoms with Crippen LogP contribution < -0.4 is 9.62 Å². The maximum Gasteiger partial charge on any atom is 0.264 e. The largest absolute Gasteiger partial charge is 0.357 e. The number of amides is 2. The van der Waals surface area contributed by atoms with Crippen LogP contribution in [0.1, 0.15) is 16.7 Å². The summed E-state index contributed by atoms with van der Waals surface area (Å²) in [5.41, 5.74) is 2.65. The number of hydrogen-bond donors (Lipinski definition) is 1. The van der Waals surface area contributed by atoms with Gasteiger partial charge in [0.1, 0.15) is 12.6 Å². The van der Waals surface area contributed by atoms with Gasteiger partial charge in [0, 0.05) is 20.0 Å². The first-order valence-corrected chi connectivity index (χ1v) is 15.4. The van der Waals surface area contributed by atoms with E-state index >= 15 is 0 Å². The molecule has 4 rings (SSSR count). The second-order valence-electron chi connectivity index (χ2n) is 9.67. The molecule has 0 aliphatic carbocycles. The zero-order valence-corrected chi connectivity index (χ0v) is 25.5. The first kappa shape index (κ1) is 31.1. The molecule has 218 valence electrons. The molecule has 0 saturated carbocycles. The van der Waals surface area contributed by atoms with Gasteiger partial charge in [-0.25, -0.2) is 8.42 Å². The Morgan fingerprint density at radius 2 is 1.45 bits per heavy atom. The molecule has 0 spiro atoms. The van der Waals surface area contributed by atoms with Gasteiger partial charge >= 0.3 is 0 Å². The Hall–Kier alpha value is -3.85. The number of anilines is 1. The Morgan fingerprint density at radius 1 is 0.833 bits per heavy atom. The zero-order chi connectivity index (χ0) is 30.3. The molecule has 1 unspecified atom stereocenters. The molecule has 1 atom stereocenters. The molecule has 7 nitrogen and oxygen atoms in total. The summed E-state index contributed by atoms with van der Waals surface area (Å²) in [6.07, 6.45) is 0.224. The van der Waals surface area contributed by atoms with E-state index in [4.69, 9.17) is 23.2 Å². The molecule has 0 aromatic heterocycles. The van der Waals surface area contributed by atoms with Gasteiger partial charge in [0.15, 0.2) is 0 Å². The highest BCUT2D eigenvalue weighted by molar-refractivity contribution is 7.92. The highest BCUT2D eigenvalue weighted by Gasteiger charge is 2.35. The number of halogens is 2. The van der Waals surface area contributed by atoms with E-state index in [2.05, 4.69) is 5.32 Å². The lowest BCUT2D eigenvalue weighted by Crippen LogP contribution is -2.53. The van der Waals surface area contributed by atoms with Crippen LogP contribution in [0, 0.1) is 6.92 Å². The minimum Gasteiger partial charge on any atom is -0.357 e. The van der Waals surface area contributed by atoms with Gasteiger partial charge in [0.05, 0.1) is 20.6 Å². The van der Waals surface area contributed by atoms with Crippen molar-refractivity contribution in [3.05, 3.63) is 130 Å². The van der Waals surface area contributed by atoms with Crippen LogP contribution in [0.5, 0.6) is 0 Å². The maximum atomic E-state index is 14.3. The molecule has 1 N–H and O–H groups in total. The molecular weight excluding hydrogens is 593 g/mol. The van der Waals surface area contributed by atoms with Gasteiger partial charge in [0.25, 0.3) is 10.0 Å². The Labute approximate surface area is 256 Å². The standard InChI is InChI=1S/C32H31Cl2N3O4S/c1-23-12-9-10-15-25(23)21-36(29(32(39)35-2)20-24-13-5-3-6-14-24)30(38)22-37(28-19-11-18-27(33)31(28)34)42(40,41)26-16-7-4-8-17-26/h3-19,29H,20-22H2,1-2H3,(H,35,39). The second-order valence-corrected chi connectivity index (χ2v) is 12.3. The molecular formula is C32H31Cl2N3O4S. The predicted octanol–water partition coefficient (Wildman–Crippen LogP) is 5.88. The van der Waals surface area contributed by atoms with Gasteiger partial charge in [0.2, 0.25) is 11.8 Å². The monoisotopic (exact) mass is 623 g/mol. The fraction of sp³-hybridized carbons (Fsp3) is 0.188. The lowest BCUT2D eigenvalue weighted by molar-refractivity contribution is -0.139. The van der Waals surface area contributed by atoms with Crippen molar-refractivity contribution < 1.29 is 18.0 Å². The van der Waals surface area contributed by atoms with Crippen LogP contribution >= 0.6 is 23.2 Å². The zero-order valence-electron chi connectivity index (χ0n) is 23.2. The quantitative estimate of drug-likeness (QED) is 0.226. The van der Waals surface area contributed by atoms with Crippen LogP contribution in [0.3, 0.4) is 0 Å². The van der Waals surface area contributed by atoms with Crippen LogP contribution in [0.4, 0.5) is 5.69 Å². The van der Waals surface area contributed by atoms with Crippen molar-refractivity contribution in [2.45, 2.75) is 30.8 Å². The fourth-order valence-electron chi connectivity index (χ4n) is 4.61. The average Bonchev–Trinajstić information content (AvgIpc) is 3.00. The summed E-state index contributed by atoms with van der Waals surface area (Å²) in [6.45, 7) is 1.38. The number of hydrogen-bond acceptors (Lipinski definition) is 4. The van der Waals surface area contributed by atoms with E-state index in [0.717, 1.165) is 21.0 Å². The Balaban J connectivity index is 1.82. The van der Waals surface area contributed by atoms with Gasteiger partial charge in [-0.05, 0) is 47.9 Å². The van der Waals surface area contributed by atoms with Crippen LogP contribution in [-0.2, 0) is 32.6 Å². The number of carbonyl (C=O) groups is 2. The Morgan fingerprint density at radius 3 is 2.10 bits per heavy atom. The smallest absolute Gasteiger partial charge is 0.264 e. The topological polar surface area (TPSA) is 86.8 Å². The van der Waals surface area contributed by atoms with Gasteiger partial charge in [-0.15, -0.1) is 0 Å². The molecule has 42 heavy (non-hydrogen) atoms. The Bertz CT molecular complexity index is 1650. The van der Waals surface area contributed by atoms with Crippen molar-refractivity contribution >= 4 is 50.7 Å². The van der Waals surface area contributed by atoms with Crippen molar-refractivity contribution in [3.63, 3.8) is 0 Å². The minimum absolute atomic E-state index is 0.0101. The summed E-state index contributed by atoms with van der Waals surface area (Å²) in [7, 11) is -2.76. The van der Waals surface area contributed by atoms with Gasteiger partial charge in [-0.2, -0.15) is 0 Å². The first-order chi connectivity index (χ1) is 20.1. The number of nitrogens with zero attached hydrogens (tertiary/aromatic N) is 2. The van der Waals surface area contributed by atoms with Crippen molar-refractivity contribution in [3.8, 4) is 0 Å². The van der Waals surface area contributed by atoms with E-state index in [9.17, 15) is 18.0 Å². The molecule has 0 aliphatic heterocycles. The molecule has 10 heteroatoms. The predicted molar refractivity (Wildman–Crippen MR) is 167 cm³/mol. The summed E-state index contributed by atoms with van der Waals surface area (Å²) in [6, 6.07) is 28.3. The lowest BCUT2D eigenvalue weighted by Gasteiger charge is -2.34. The summed E-state index contributed by atoms with van der Waals surface area (Å²) in [4.78, 5) is 29.1. The average molecular weight is 625 g/mol. The van der Waals surface area contributed by atoms with Crippen molar-refractivity contribution in [1.82, 2.24) is 10.2 Å². The van der Waals surface area contributed by atoms with Gasteiger partial charge in [-0.1, -0.05) is 102 Å². The number of nitrogens with one attached hydrogen (secondary N) is 1. The molecule has 4 aromatic rings. The number of sulfonamides is 1. The van der Waals surface area contributed by atoms with Crippen LogP contribution in [0.15, 0.2) is 108 Å². The summed E-state index contributed by atoms with van der Waals surface area (Å²) in [5.74, 6) is -0.961. The van der Waals surface area contributed by atoms with Gasteiger partial charge in [-0.3, -0.25) is 13.9 Å². The molecule has 2 amide bonds. The van der Waals surface area contributed by atoms with E-state index < -0.39 is 28.5 Å². The van der Waals surface area contributed by atoms with Crippen LogP contribution in [-0.4, -0.2) is 44.8 Å². The van der Waals surface area contributed by atoms with Crippen LogP contribution in [0.2, 0.25) is 10.0 Å². The van der Waals surface area contributed by atoms with Gasteiger partial charge < -0.3 is 10.2 Å². The number of benzene rings is 4. The highest BCUT2D eigenvalue weighted by atomic mass is 35.5. The number of carbonyl (C=O) groups excluding carboxylic acids is 2. The van der Waals surface area contributed by atoms with E-state index in [1.165, 1.54) is 36.2 Å². The summed E-state index contributed by atoms with van der Waals surface area (Å²) >= 11 is 12.8. The normalized spacial score (nSPS) is 11.9. The SMILES string of the molecule is CNC(=O)C(Cc1ccccc1)N(Cc1ccccc1C)C(=O)CN(c1cccc(Cl)c1Cl)S(=O)(=O)c1ccccc1. The van der Waals surface area contributed by atoms with Crippen molar-refractivity contribution in [1.29, 1.82) is 0 Å². The lowest BCUT2D eigenvalue weighted by atomic mass is 10.0. The van der Waals surface area contributed by atoms with Crippen molar-refractivity contribution in [2.75, 3.05) is 17.9 Å². The molecule has 0 saturated heterocycles. The third kappa shape index (κ3) is 7.13. The first-order valence-electron chi connectivity index (χ1n) is 13.2. The second kappa shape index (κ2) is 13.9. The number of aryl methyl sites for hydroxylation is 1.